The van der Waals surface area contributed by atoms with E-state index in [2.05, 4.69) is 4.90 Å². The molecule has 0 radical (unpaired) electrons. The first kappa shape index (κ1) is 12.5. The summed E-state index contributed by atoms with van der Waals surface area (Å²) in [4.78, 5) is 2.10. The van der Waals surface area contributed by atoms with Crippen LogP contribution in [0.4, 0.5) is 10.1 Å². The first-order valence-corrected chi connectivity index (χ1v) is 6.58. The third kappa shape index (κ3) is 2.09. The molecule has 0 aromatic heterocycles. The molecular formula is C15H14ClFN2. The average Bonchev–Trinajstić information content (AvgIpc) is 2.79. The molecular weight excluding hydrogens is 263 g/mol. The number of nitrogens with two attached hydrogens (primary N) is 1. The summed E-state index contributed by atoms with van der Waals surface area (Å²) in [6.45, 7) is 0.979. The highest BCUT2D eigenvalue weighted by molar-refractivity contribution is 6.30. The Kier molecular flexibility index (Phi) is 3.17. The van der Waals surface area contributed by atoms with Crippen molar-refractivity contribution < 1.29 is 4.39 Å². The molecule has 2 N–H and O–H groups in total. The van der Waals surface area contributed by atoms with Gasteiger partial charge < -0.3 is 10.6 Å². The van der Waals surface area contributed by atoms with E-state index < -0.39 is 0 Å². The van der Waals surface area contributed by atoms with E-state index in [0.717, 1.165) is 16.8 Å². The van der Waals surface area contributed by atoms with Crippen molar-refractivity contribution in [3.8, 4) is 0 Å². The predicted molar refractivity (Wildman–Crippen MR) is 75.8 cm³/mol. The lowest BCUT2D eigenvalue weighted by Gasteiger charge is -2.26. The average molecular weight is 277 g/mol. The highest BCUT2D eigenvalue weighted by Gasteiger charge is 2.31. The van der Waals surface area contributed by atoms with Crippen LogP contribution in [0.3, 0.4) is 0 Å². The van der Waals surface area contributed by atoms with Crippen LogP contribution in [0.25, 0.3) is 0 Å². The van der Waals surface area contributed by atoms with Crippen LogP contribution in [0.1, 0.15) is 17.2 Å². The summed E-state index contributed by atoms with van der Waals surface area (Å²) in [5, 5.41) is 0.671. The molecule has 1 aliphatic rings. The molecule has 1 aliphatic heterocycles. The molecule has 1 unspecified atom stereocenters. The van der Waals surface area contributed by atoms with E-state index >= 15 is 0 Å². The van der Waals surface area contributed by atoms with Crippen molar-refractivity contribution >= 4 is 17.3 Å². The van der Waals surface area contributed by atoms with E-state index in [4.69, 9.17) is 17.3 Å². The second-order valence-corrected chi connectivity index (χ2v) is 5.10. The molecule has 98 valence electrons. The van der Waals surface area contributed by atoms with Crippen LogP contribution in [0.15, 0.2) is 42.5 Å². The molecule has 1 atom stereocenters. The van der Waals surface area contributed by atoms with Gasteiger partial charge in [0.15, 0.2) is 0 Å². The maximum atomic E-state index is 13.9. The monoisotopic (exact) mass is 276 g/mol. The molecule has 19 heavy (non-hydrogen) atoms. The van der Waals surface area contributed by atoms with Gasteiger partial charge in [-0.25, -0.2) is 4.39 Å². The Morgan fingerprint density at radius 3 is 2.79 bits per heavy atom. The van der Waals surface area contributed by atoms with Crippen LogP contribution in [-0.2, 0) is 6.54 Å². The molecule has 0 saturated heterocycles. The zero-order chi connectivity index (χ0) is 13.4. The summed E-state index contributed by atoms with van der Waals surface area (Å²) in [6.07, 6.45) is 0. The predicted octanol–water partition coefficient (Wildman–Crippen LogP) is 3.50. The van der Waals surface area contributed by atoms with Crippen LogP contribution in [0.2, 0.25) is 5.02 Å². The van der Waals surface area contributed by atoms with Crippen LogP contribution in [0.5, 0.6) is 0 Å². The van der Waals surface area contributed by atoms with E-state index in [1.165, 1.54) is 6.07 Å². The lowest BCUT2D eigenvalue weighted by atomic mass is 10.0. The van der Waals surface area contributed by atoms with Gasteiger partial charge in [0.1, 0.15) is 5.82 Å². The van der Waals surface area contributed by atoms with Crippen LogP contribution < -0.4 is 10.6 Å². The molecule has 3 rings (SSSR count). The first-order chi connectivity index (χ1) is 9.20. The van der Waals surface area contributed by atoms with E-state index in [1.54, 1.807) is 6.07 Å². The molecule has 1 heterocycles. The number of hydrogen-bond donors (Lipinski definition) is 1. The summed E-state index contributed by atoms with van der Waals surface area (Å²) in [7, 11) is 0. The van der Waals surface area contributed by atoms with Gasteiger partial charge in [0.25, 0.3) is 0 Å². The highest BCUT2D eigenvalue weighted by Crippen LogP contribution is 2.38. The number of hydrogen-bond acceptors (Lipinski definition) is 2. The van der Waals surface area contributed by atoms with E-state index in [0.29, 0.717) is 18.1 Å². The topological polar surface area (TPSA) is 29.3 Å². The minimum absolute atomic E-state index is 0.00386. The maximum Gasteiger partial charge on any atom is 0.128 e. The number of anilines is 1. The van der Waals surface area contributed by atoms with Crippen LogP contribution >= 0.6 is 11.6 Å². The number of fused-ring (bicyclic) bond motifs is 1. The van der Waals surface area contributed by atoms with E-state index in [9.17, 15) is 4.39 Å². The molecule has 0 amide bonds. The Balaban J connectivity index is 2.04. The van der Waals surface area contributed by atoms with Gasteiger partial charge in [0, 0.05) is 29.4 Å². The largest absolute Gasteiger partial charge is 0.359 e. The van der Waals surface area contributed by atoms with Gasteiger partial charge >= 0.3 is 0 Å². The second kappa shape index (κ2) is 4.83. The quantitative estimate of drug-likeness (QED) is 0.910. The Bertz CT molecular complexity index is 615. The standard InChI is InChI=1S/C15H14ClFN2/c16-10-3-1-4-11(7-10)19-9-13-12(15(19)8-18)5-2-6-14(13)17/h1-7,15H,8-9,18H2. The van der Waals surface area contributed by atoms with Gasteiger partial charge in [-0.3, -0.25) is 0 Å². The Hall–Kier alpha value is -1.58. The van der Waals surface area contributed by atoms with Gasteiger partial charge in [-0.1, -0.05) is 29.8 Å². The van der Waals surface area contributed by atoms with E-state index in [-0.39, 0.29) is 11.9 Å². The van der Waals surface area contributed by atoms with Crippen LogP contribution in [0, 0.1) is 5.82 Å². The minimum atomic E-state index is -0.166. The molecule has 0 spiro atoms. The van der Waals surface area contributed by atoms with Crippen molar-refractivity contribution in [2.45, 2.75) is 12.6 Å². The molecule has 2 nitrogen and oxygen atoms in total. The van der Waals surface area contributed by atoms with Gasteiger partial charge in [-0.05, 0) is 29.8 Å². The molecule has 4 heteroatoms. The molecule has 0 fully saturated rings. The van der Waals surface area contributed by atoms with Crippen molar-refractivity contribution in [2.24, 2.45) is 5.73 Å². The smallest absolute Gasteiger partial charge is 0.128 e. The summed E-state index contributed by atoms with van der Waals surface area (Å²) in [6, 6.07) is 12.7. The van der Waals surface area contributed by atoms with Gasteiger partial charge in [-0.2, -0.15) is 0 Å². The fourth-order valence-corrected chi connectivity index (χ4v) is 2.87. The highest BCUT2D eigenvalue weighted by atomic mass is 35.5. The maximum absolute atomic E-state index is 13.9. The molecule has 0 saturated carbocycles. The Morgan fingerprint density at radius 2 is 2.05 bits per heavy atom. The van der Waals surface area contributed by atoms with Crippen LogP contribution in [-0.4, -0.2) is 6.54 Å². The second-order valence-electron chi connectivity index (χ2n) is 4.67. The molecule has 2 aromatic rings. The zero-order valence-electron chi connectivity index (χ0n) is 10.3. The lowest BCUT2D eigenvalue weighted by Crippen LogP contribution is -2.27. The van der Waals surface area contributed by atoms with Crippen molar-refractivity contribution in [1.29, 1.82) is 0 Å². The van der Waals surface area contributed by atoms with Gasteiger partial charge in [0.2, 0.25) is 0 Å². The molecule has 2 aromatic carbocycles. The van der Waals surface area contributed by atoms with Crippen molar-refractivity contribution in [3.05, 3.63) is 64.4 Å². The number of halogens is 2. The minimum Gasteiger partial charge on any atom is -0.359 e. The third-order valence-corrected chi connectivity index (χ3v) is 3.82. The summed E-state index contributed by atoms with van der Waals surface area (Å²) in [5.41, 5.74) is 8.55. The zero-order valence-corrected chi connectivity index (χ0v) is 11.1. The first-order valence-electron chi connectivity index (χ1n) is 6.20. The third-order valence-electron chi connectivity index (χ3n) is 3.58. The summed E-state index contributed by atoms with van der Waals surface area (Å²) >= 11 is 6.02. The fourth-order valence-electron chi connectivity index (χ4n) is 2.68. The van der Waals surface area contributed by atoms with Gasteiger partial charge in [-0.15, -0.1) is 0 Å². The normalized spacial score (nSPS) is 17.6. The SMILES string of the molecule is NCC1c2cccc(F)c2CN1c1cccc(Cl)c1. The fraction of sp³-hybridized carbons (Fsp3) is 0.200. The summed E-state index contributed by atoms with van der Waals surface area (Å²) < 4.78 is 13.9. The van der Waals surface area contributed by atoms with Crippen molar-refractivity contribution in [1.82, 2.24) is 0 Å². The summed E-state index contributed by atoms with van der Waals surface area (Å²) in [5.74, 6) is -0.166. The number of benzene rings is 2. The Morgan fingerprint density at radius 1 is 1.26 bits per heavy atom. The Labute approximate surface area is 116 Å². The van der Waals surface area contributed by atoms with Crippen molar-refractivity contribution in [3.63, 3.8) is 0 Å². The number of nitrogens with zero attached hydrogens (tertiary/aromatic N) is 1. The van der Waals surface area contributed by atoms with E-state index in [1.807, 2.05) is 30.3 Å². The molecule has 0 aliphatic carbocycles. The molecule has 0 bridgehead atoms. The van der Waals surface area contributed by atoms with Gasteiger partial charge in [0.05, 0.1) is 6.04 Å². The lowest BCUT2D eigenvalue weighted by molar-refractivity contribution is 0.612. The number of rotatable bonds is 2. The van der Waals surface area contributed by atoms with Crippen molar-refractivity contribution in [2.75, 3.05) is 11.4 Å².